The molecular formula is C32H30N2O4. The van der Waals surface area contributed by atoms with Gasteiger partial charge in [0.25, 0.3) is 0 Å². The minimum atomic E-state index is -0.951. The van der Waals surface area contributed by atoms with Crippen LogP contribution in [0.4, 0.5) is 10.5 Å². The SMILES string of the molecule is O=C(NCc1ccccc1)Nc1ccc(-c2ccc(C(=O)CC(CCc3ccccc3)C(=O)O)cc2)cc1. The molecule has 192 valence electrons. The fourth-order valence-electron chi connectivity index (χ4n) is 4.19. The monoisotopic (exact) mass is 506 g/mol. The first kappa shape index (κ1) is 26.4. The van der Waals surface area contributed by atoms with Gasteiger partial charge >= 0.3 is 12.0 Å². The molecule has 1 unspecified atom stereocenters. The van der Waals surface area contributed by atoms with Crippen molar-refractivity contribution in [3.05, 3.63) is 126 Å². The van der Waals surface area contributed by atoms with Gasteiger partial charge in [0.1, 0.15) is 0 Å². The standard InChI is InChI=1S/C32H30N2O4/c35-30(21-28(31(36)37)12-11-23-7-3-1-4-8-23)27-15-13-25(14-16-27)26-17-19-29(20-18-26)34-32(38)33-22-24-9-5-2-6-10-24/h1-10,13-20,28H,11-12,21-22H2,(H,36,37)(H2,33,34,38). The zero-order chi connectivity index (χ0) is 26.7. The number of hydrogen-bond donors (Lipinski definition) is 3. The van der Waals surface area contributed by atoms with Crippen molar-refractivity contribution in [2.75, 3.05) is 5.32 Å². The fraction of sp³-hybridized carbons (Fsp3) is 0.156. The summed E-state index contributed by atoms with van der Waals surface area (Å²) in [5.74, 6) is -1.86. The summed E-state index contributed by atoms with van der Waals surface area (Å²) >= 11 is 0. The molecule has 0 bridgehead atoms. The summed E-state index contributed by atoms with van der Waals surface area (Å²) < 4.78 is 0. The van der Waals surface area contributed by atoms with Crippen LogP contribution in [0.15, 0.2) is 109 Å². The molecule has 0 aliphatic carbocycles. The summed E-state index contributed by atoms with van der Waals surface area (Å²) in [4.78, 5) is 36.7. The van der Waals surface area contributed by atoms with Crippen LogP contribution in [-0.4, -0.2) is 22.9 Å². The number of rotatable bonds is 11. The lowest BCUT2D eigenvalue weighted by Gasteiger charge is -2.12. The Bertz CT molecular complexity index is 1350. The molecule has 3 N–H and O–H groups in total. The van der Waals surface area contributed by atoms with Gasteiger partial charge in [-0.05, 0) is 47.2 Å². The van der Waals surface area contributed by atoms with Crippen molar-refractivity contribution in [2.24, 2.45) is 5.92 Å². The van der Waals surface area contributed by atoms with Crippen LogP contribution in [0.3, 0.4) is 0 Å². The molecule has 0 heterocycles. The van der Waals surface area contributed by atoms with Gasteiger partial charge in [-0.15, -0.1) is 0 Å². The molecule has 2 amide bonds. The quantitative estimate of drug-likeness (QED) is 0.200. The highest BCUT2D eigenvalue weighted by molar-refractivity contribution is 5.98. The van der Waals surface area contributed by atoms with E-state index >= 15 is 0 Å². The van der Waals surface area contributed by atoms with E-state index in [9.17, 15) is 19.5 Å². The number of nitrogens with one attached hydrogen (secondary N) is 2. The summed E-state index contributed by atoms with van der Waals surface area (Å²) in [5.41, 5.74) is 5.09. The van der Waals surface area contributed by atoms with Gasteiger partial charge in [-0.25, -0.2) is 4.79 Å². The second kappa shape index (κ2) is 13.0. The van der Waals surface area contributed by atoms with E-state index in [4.69, 9.17) is 0 Å². The van der Waals surface area contributed by atoms with E-state index in [1.807, 2.05) is 97.1 Å². The minimum absolute atomic E-state index is 0.0335. The van der Waals surface area contributed by atoms with Crippen LogP contribution in [0, 0.1) is 5.92 Å². The molecule has 0 radical (unpaired) electrons. The number of amides is 2. The molecule has 38 heavy (non-hydrogen) atoms. The lowest BCUT2D eigenvalue weighted by atomic mass is 9.92. The predicted molar refractivity (Wildman–Crippen MR) is 149 cm³/mol. The Morgan fingerprint density at radius 1 is 0.684 bits per heavy atom. The largest absolute Gasteiger partial charge is 0.481 e. The maximum atomic E-state index is 12.8. The Labute approximate surface area is 222 Å². The Morgan fingerprint density at radius 2 is 1.24 bits per heavy atom. The Morgan fingerprint density at radius 3 is 1.82 bits per heavy atom. The highest BCUT2D eigenvalue weighted by Crippen LogP contribution is 2.23. The second-order valence-corrected chi connectivity index (χ2v) is 9.13. The number of carboxylic acids is 1. The molecule has 4 aromatic carbocycles. The topological polar surface area (TPSA) is 95.5 Å². The molecule has 0 fully saturated rings. The minimum Gasteiger partial charge on any atom is -0.481 e. The number of carbonyl (C=O) groups is 3. The van der Waals surface area contributed by atoms with Crippen LogP contribution < -0.4 is 10.6 Å². The molecule has 0 saturated carbocycles. The molecule has 0 saturated heterocycles. The van der Waals surface area contributed by atoms with Crippen LogP contribution in [-0.2, 0) is 17.8 Å². The van der Waals surface area contributed by atoms with Gasteiger partial charge in [0.15, 0.2) is 5.78 Å². The molecule has 6 nitrogen and oxygen atoms in total. The maximum absolute atomic E-state index is 12.8. The van der Waals surface area contributed by atoms with Gasteiger partial charge < -0.3 is 15.7 Å². The first-order chi connectivity index (χ1) is 18.5. The Balaban J connectivity index is 1.30. The third kappa shape index (κ3) is 7.64. The van der Waals surface area contributed by atoms with Crippen molar-refractivity contribution >= 4 is 23.5 Å². The molecule has 0 aliphatic rings. The van der Waals surface area contributed by atoms with Crippen molar-refractivity contribution in [3.8, 4) is 11.1 Å². The summed E-state index contributed by atoms with van der Waals surface area (Å²) in [5, 5.41) is 15.3. The number of ketones is 1. The number of Topliss-reactive ketones (excluding diaryl/α,β-unsaturated/α-hetero) is 1. The first-order valence-corrected chi connectivity index (χ1v) is 12.6. The number of carbonyl (C=O) groups excluding carboxylic acids is 2. The Kier molecular flexibility index (Phi) is 9.03. The highest BCUT2D eigenvalue weighted by atomic mass is 16.4. The van der Waals surface area contributed by atoms with E-state index in [0.717, 1.165) is 22.3 Å². The number of anilines is 1. The number of hydrogen-bond acceptors (Lipinski definition) is 3. The maximum Gasteiger partial charge on any atom is 0.319 e. The van der Waals surface area contributed by atoms with E-state index in [1.54, 1.807) is 12.1 Å². The molecule has 6 heteroatoms. The van der Waals surface area contributed by atoms with E-state index in [1.165, 1.54) is 0 Å². The lowest BCUT2D eigenvalue weighted by molar-refractivity contribution is -0.141. The van der Waals surface area contributed by atoms with Gasteiger partial charge in [-0.3, -0.25) is 9.59 Å². The predicted octanol–water partition coefficient (Wildman–Crippen LogP) is 6.58. The van der Waals surface area contributed by atoms with Crippen molar-refractivity contribution < 1.29 is 19.5 Å². The van der Waals surface area contributed by atoms with Crippen LogP contribution in [0.1, 0.15) is 34.3 Å². The summed E-state index contributed by atoms with van der Waals surface area (Å²) in [6, 6.07) is 33.7. The van der Waals surface area contributed by atoms with Crippen molar-refractivity contribution in [1.82, 2.24) is 5.32 Å². The second-order valence-electron chi connectivity index (χ2n) is 9.13. The molecule has 4 aromatic rings. The van der Waals surface area contributed by atoms with Crippen LogP contribution >= 0.6 is 0 Å². The zero-order valence-corrected chi connectivity index (χ0v) is 21.0. The number of benzene rings is 4. The summed E-state index contributed by atoms with van der Waals surface area (Å²) in [6.45, 7) is 0.441. The number of aryl methyl sites for hydroxylation is 1. The molecule has 4 rings (SSSR count). The average Bonchev–Trinajstić information content (AvgIpc) is 2.95. The summed E-state index contributed by atoms with van der Waals surface area (Å²) in [6.07, 6.45) is 0.992. The van der Waals surface area contributed by atoms with Crippen molar-refractivity contribution in [1.29, 1.82) is 0 Å². The van der Waals surface area contributed by atoms with Crippen LogP contribution in [0.2, 0.25) is 0 Å². The van der Waals surface area contributed by atoms with Gasteiger partial charge in [-0.1, -0.05) is 97.1 Å². The highest BCUT2D eigenvalue weighted by Gasteiger charge is 2.22. The number of carboxylic acid groups (broad SMARTS) is 1. The normalized spacial score (nSPS) is 11.4. The van der Waals surface area contributed by atoms with Gasteiger partial charge in [0.05, 0.1) is 5.92 Å². The molecular weight excluding hydrogens is 476 g/mol. The fourth-order valence-corrected chi connectivity index (χ4v) is 4.19. The van der Waals surface area contributed by atoms with Gasteiger partial charge in [0.2, 0.25) is 0 Å². The van der Waals surface area contributed by atoms with Crippen LogP contribution in [0.25, 0.3) is 11.1 Å². The first-order valence-electron chi connectivity index (χ1n) is 12.6. The lowest BCUT2D eigenvalue weighted by Crippen LogP contribution is -2.28. The van der Waals surface area contributed by atoms with Crippen LogP contribution in [0.5, 0.6) is 0 Å². The smallest absolute Gasteiger partial charge is 0.319 e. The molecule has 0 spiro atoms. The van der Waals surface area contributed by atoms with Gasteiger partial charge in [0, 0.05) is 24.2 Å². The molecule has 0 aliphatic heterocycles. The van der Waals surface area contributed by atoms with Gasteiger partial charge in [-0.2, -0.15) is 0 Å². The van der Waals surface area contributed by atoms with E-state index < -0.39 is 11.9 Å². The van der Waals surface area contributed by atoms with E-state index in [-0.39, 0.29) is 18.2 Å². The average molecular weight is 507 g/mol. The van der Waals surface area contributed by atoms with E-state index in [2.05, 4.69) is 10.6 Å². The number of aliphatic carboxylic acids is 1. The Hall–Kier alpha value is -4.71. The van der Waals surface area contributed by atoms with Crippen molar-refractivity contribution in [3.63, 3.8) is 0 Å². The number of urea groups is 1. The zero-order valence-electron chi connectivity index (χ0n) is 21.0. The third-order valence-electron chi connectivity index (χ3n) is 6.38. The third-order valence-corrected chi connectivity index (χ3v) is 6.38. The molecule has 1 atom stereocenters. The molecule has 0 aromatic heterocycles. The van der Waals surface area contributed by atoms with Crippen molar-refractivity contribution in [2.45, 2.75) is 25.8 Å². The summed E-state index contributed by atoms with van der Waals surface area (Å²) in [7, 11) is 0. The van der Waals surface area contributed by atoms with E-state index in [0.29, 0.717) is 30.6 Å².